The van der Waals surface area contributed by atoms with Gasteiger partial charge in [-0.25, -0.2) is 0 Å². The summed E-state index contributed by atoms with van der Waals surface area (Å²) in [6, 6.07) is 3.80. The van der Waals surface area contributed by atoms with E-state index in [4.69, 9.17) is 5.73 Å². The van der Waals surface area contributed by atoms with Crippen LogP contribution in [0, 0.1) is 20.8 Å². The van der Waals surface area contributed by atoms with Crippen LogP contribution in [-0.2, 0) is 11.2 Å². The molecule has 0 heterocycles. The second-order valence-electron chi connectivity index (χ2n) is 3.81. The zero-order valence-electron chi connectivity index (χ0n) is 9.00. The molecule has 1 atom stereocenters. The van der Waals surface area contributed by atoms with Crippen LogP contribution >= 0.6 is 0 Å². The first-order valence-corrected chi connectivity index (χ1v) is 4.82. The number of aryl methyl sites for hydroxylation is 2. The third-order valence-electron chi connectivity index (χ3n) is 2.72. The number of carbonyl (C=O) groups excluding carboxylic acids is 1. The van der Waals surface area contributed by atoms with Crippen LogP contribution in [0.5, 0.6) is 0 Å². The minimum atomic E-state index is -0.380. The highest BCUT2D eigenvalue weighted by Gasteiger charge is 2.08. The molecule has 2 heteroatoms. The molecule has 2 N–H and O–H groups in total. The number of aldehydes is 1. The second kappa shape index (κ2) is 4.38. The van der Waals surface area contributed by atoms with Crippen LogP contribution in [0.4, 0.5) is 0 Å². The molecule has 0 aliphatic rings. The molecule has 0 amide bonds. The summed E-state index contributed by atoms with van der Waals surface area (Å²) in [7, 11) is 0. The number of rotatable bonds is 3. The van der Waals surface area contributed by atoms with E-state index in [9.17, 15) is 4.79 Å². The Bertz CT molecular complexity index is 344. The van der Waals surface area contributed by atoms with Gasteiger partial charge < -0.3 is 10.5 Å². The van der Waals surface area contributed by atoms with Gasteiger partial charge in [0.25, 0.3) is 0 Å². The van der Waals surface area contributed by atoms with Crippen LogP contribution in [0.3, 0.4) is 0 Å². The zero-order chi connectivity index (χ0) is 10.7. The lowest BCUT2D eigenvalue weighted by molar-refractivity contribution is -0.108. The van der Waals surface area contributed by atoms with E-state index in [0.717, 1.165) is 6.29 Å². The van der Waals surface area contributed by atoms with Crippen LogP contribution in [0.15, 0.2) is 12.1 Å². The summed E-state index contributed by atoms with van der Waals surface area (Å²) in [5.74, 6) is 0. The molecule has 0 aromatic heterocycles. The average molecular weight is 191 g/mol. The highest BCUT2D eigenvalue weighted by molar-refractivity contribution is 5.58. The lowest BCUT2D eigenvalue weighted by atomic mass is 9.94. The summed E-state index contributed by atoms with van der Waals surface area (Å²) in [5.41, 5.74) is 10.6. The first-order chi connectivity index (χ1) is 6.56. The van der Waals surface area contributed by atoms with Crippen LogP contribution in [-0.4, -0.2) is 12.3 Å². The molecule has 76 valence electrons. The fourth-order valence-electron chi connectivity index (χ4n) is 1.61. The highest BCUT2D eigenvalue weighted by Crippen LogP contribution is 2.18. The minimum Gasteiger partial charge on any atom is -0.321 e. The van der Waals surface area contributed by atoms with E-state index in [1.165, 1.54) is 22.3 Å². The number of carbonyl (C=O) groups is 1. The molecule has 1 rings (SSSR count). The Morgan fingerprint density at radius 1 is 1.29 bits per heavy atom. The Morgan fingerprint density at radius 2 is 1.86 bits per heavy atom. The van der Waals surface area contributed by atoms with Crippen molar-refractivity contribution >= 4 is 6.29 Å². The Kier molecular flexibility index (Phi) is 3.42. The predicted molar refractivity (Wildman–Crippen MR) is 58.4 cm³/mol. The van der Waals surface area contributed by atoms with E-state index in [-0.39, 0.29) is 6.04 Å². The fourth-order valence-corrected chi connectivity index (χ4v) is 1.61. The monoisotopic (exact) mass is 191 g/mol. The van der Waals surface area contributed by atoms with Gasteiger partial charge in [-0.2, -0.15) is 0 Å². The summed E-state index contributed by atoms with van der Waals surface area (Å²) in [6.45, 7) is 6.21. The number of hydrogen-bond donors (Lipinski definition) is 1. The Labute approximate surface area is 85.1 Å². The summed E-state index contributed by atoms with van der Waals surface area (Å²) in [4.78, 5) is 10.5. The Morgan fingerprint density at radius 3 is 2.43 bits per heavy atom. The molecule has 0 saturated carbocycles. The minimum absolute atomic E-state index is 0.380. The highest BCUT2D eigenvalue weighted by atomic mass is 16.1. The molecular weight excluding hydrogens is 174 g/mol. The molecule has 0 radical (unpaired) electrons. The Balaban J connectivity index is 3.06. The standard InChI is InChI=1S/C12H17NO/c1-8-4-5-9(2)12(10(8)3)6-11(13)7-14/h4-5,7,11H,6,13H2,1-3H3/t11-/m1/s1. The molecular formula is C12H17NO. The van der Waals surface area contributed by atoms with E-state index in [0.29, 0.717) is 6.42 Å². The topological polar surface area (TPSA) is 43.1 Å². The molecule has 0 bridgehead atoms. The van der Waals surface area contributed by atoms with Crippen molar-refractivity contribution in [3.8, 4) is 0 Å². The van der Waals surface area contributed by atoms with Crippen molar-refractivity contribution in [2.75, 3.05) is 0 Å². The number of nitrogens with two attached hydrogens (primary N) is 1. The van der Waals surface area contributed by atoms with Gasteiger partial charge in [0.2, 0.25) is 0 Å². The first kappa shape index (κ1) is 10.9. The molecule has 0 fully saturated rings. The molecule has 0 aliphatic heterocycles. The molecule has 0 spiro atoms. The normalized spacial score (nSPS) is 12.6. The smallest absolute Gasteiger partial charge is 0.137 e. The largest absolute Gasteiger partial charge is 0.321 e. The molecule has 0 unspecified atom stereocenters. The van der Waals surface area contributed by atoms with Crippen molar-refractivity contribution < 1.29 is 4.79 Å². The van der Waals surface area contributed by atoms with Crippen molar-refractivity contribution in [2.24, 2.45) is 5.73 Å². The Hall–Kier alpha value is -1.15. The maximum atomic E-state index is 10.5. The number of benzene rings is 1. The average Bonchev–Trinajstić information content (AvgIpc) is 2.18. The van der Waals surface area contributed by atoms with Gasteiger partial charge in [-0.05, 0) is 49.4 Å². The van der Waals surface area contributed by atoms with Gasteiger partial charge in [0.05, 0.1) is 6.04 Å². The molecule has 0 saturated heterocycles. The first-order valence-electron chi connectivity index (χ1n) is 4.82. The van der Waals surface area contributed by atoms with E-state index < -0.39 is 0 Å². The van der Waals surface area contributed by atoms with Crippen LogP contribution in [0.2, 0.25) is 0 Å². The number of hydrogen-bond acceptors (Lipinski definition) is 2. The SMILES string of the molecule is Cc1ccc(C)c(C[C@@H](N)C=O)c1C. The third kappa shape index (κ3) is 2.20. The fraction of sp³-hybridized carbons (Fsp3) is 0.417. The van der Waals surface area contributed by atoms with Crippen molar-refractivity contribution in [1.82, 2.24) is 0 Å². The van der Waals surface area contributed by atoms with Gasteiger partial charge in [-0.1, -0.05) is 12.1 Å². The quantitative estimate of drug-likeness (QED) is 0.739. The molecule has 1 aromatic rings. The van der Waals surface area contributed by atoms with Gasteiger partial charge in [-0.15, -0.1) is 0 Å². The molecule has 0 aliphatic carbocycles. The summed E-state index contributed by atoms with van der Waals surface area (Å²) in [5, 5.41) is 0. The van der Waals surface area contributed by atoms with E-state index in [2.05, 4.69) is 32.9 Å². The molecule has 2 nitrogen and oxygen atoms in total. The van der Waals surface area contributed by atoms with Crippen molar-refractivity contribution in [2.45, 2.75) is 33.2 Å². The third-order valence-corrected chi connectivity index (χ3v) is 2.72. The van der Waals surface area contributed by atoms with E-state index >= 15 is 0 Å². The zero-order valence-corrected chi connectivity index (χ0v) is 9.00. The van der Waals surface area contributed by atoms with Crippen molar-refractivity contribution in [3.05, 3.63) is 34.4 Å². The van der Waals surface area contributed by atoms with Gasteiger partial charge in [0, 0.05) is 0 Å². The van der Waals surface area contributed by atoms with E-state index in [1.54, 1.807) is 0 Å². The van der Waals surface area contributed by atoms with E-state index in [1.807, 2.05) is 0 Å². The van der Waals surface area contributed by atoms with Crippen molar-refractivity contribution in [3.63, 3.8) is 0 Å². The lowest BCUT2D eigenvalue weighted by Crippen LogP contribution is -2.25. The summed E-state index contributed by atoms with van der Waals surface area (Å²) < 4.78 is 0. The summed E-state index contributed by atoms with van der Waals surface area (Å²) >= 11 is 0. The van der Waals surface area contributed by atoms with Gasteiger partial charge in [-0.3, -0.25) is 0 Å². The van der Waals surface area contributed by atoms with Gasteiger partial charge in [0.15, 0.2) is 0 Å². The second-order valence-corrected chi connectivity index (χ2v) is 3.81. The van der Waals surface area contributed by atoms with Crippen LogP contribution in [0.1, 0.15) is 22.3 Å². The lowest BCUT2D eigenvalue weighted by Gasteiger charge is -2.13. The van der Waals surface area contributed by atoms with Crippen molar-refractivity contribution in [1.29, 1.82) is 0 Å². The summed E-state index contributed by atoms with van der Waals surface area (Å²) in [6.07, 6.45) is 1.45. The van der Waals surface area contributed by atoms with Gasteiger partial charge >= 0.3 is 0 Å². The molecule has 1 aromatic carbocycles. The maximum absolute atomic E-state index is 10.5. The van der Waals surface area contributed by atoms with Gasteiger partial charge in [0.1, 0.15) is 6.29 Å². The van der Waals surface area contributed by atoms with Crippen LogP contribution in [0.25, 0.3) is 0 Å². The molecule has 14 heavy (non-hydrogen) atoms. The van der Waals surface area contributed by atoms with Crippen LogP contribution < -0.4 is 5.73 Å². The maximum Gasteiger partial charge on any atom is 0.137 e. The predicted octanol–water partition coefficient (Wildman–Crippen LogP) is 1.68.